The van der Waals surface area contributed by atoms with Gasteiger partial charge in [-0.3, -0.25) is 24.6 Å². The summed E-state index contributed by atoms with van der Waals surface area (Å²) in [6, 6.07) is 25.9. The fraction of sp³-hybridized carbons (Fsp3) is 0.115. The molecule has 1 aliphatic rings. The molecule has 0 saturated carbocycles. The van der Waals surface area contributed by atoms with Crippen LogP contribution in [-0.2, 0) is 11.2 Å². The average molecular weight is 469 g/mol. The van der Waals surface area contributed by atoms with E-state index in [0.29, 0.717) is 27.7 Å². The van der Waals surface area contributed by atoms with E-state index in [4.69, 9.17) is 0 Å². The van der Waals surface area contributed by atoms with Gasteiger partial charge in [-0.2, -0.15) is 0 Å². The molecule has 1 N–H and O–H groups in total. The Labute approximate surface area is 200 Å². The highest BCUT2D eigenvalue weighted by molar-refractivity contribution is 7.15. The van der Waals surface area contributed by atoms with Crippen molar-refractivity contribution < 1.29 is 14.4 Å². The van der Waals surface area contributed by atoms with Crippen LogP contribution < -0.4 is 5.32 Å². The van der Waals surface area contributed by atoms with Crippen LogP contribution >= 0.6 is 11.3 Å². The zero-order valence-corrected chi connectivity index (χ0v) is 18.9. The second kappa shape index (κ2) is 9.36. The van der Waals surface area contributed by atoms with Gasteiger partial charge in [-0.15, -0.1) is 10.2 Å². The van der Waals surface area contributed by atoms with Crippen molar-refractivity contribution >= 4 is 34.2 Å². The van der Waals surface area contributed by atoms with E-state index >= 15 is 0 Å². The zero-order chi connectivity index (χ0) is 23.5. The van der Waals surface area contributed by atoms with Gasteiger partial charge in [0.2, 0.25) is 11.0 Å². The fourth-order valence-corrected chi connectivity index (χ4v) is 4.75. The number of nitrogens with zero attached hydrogens (tertiary/aromatic N) is 3. The molecule has 8 heteroatoms. The van der Waals surface area contributed by atoms with Gasteiger partial charge in [-0.25, -0.2) is 0 Å². The first-order valence-corrected chi connectivity index (χ1v) is 11.6. The first-order valence-electron chi connectivity index (χ1n) is 10.8. The molecule has 0 atom stereocenters. The van der Waals surface area contributed by atoms with Gasteiger partial charge >= 0.3 is 0 Å². The Bertz CT molecular complexity index is 1280. The van der Waals surface area contributed by atoms with E-state index in [-0.39, 0.29) is 24.3 Å². The maximum Gasteiger partial charge on any atom is 0.261 e. The van der Waals surface area contributed by atoms with Crippen molar-refractivity contribution in [3.8, 4) is 0 Å². The molecular formula is C26H20N4O3S. The molecule has 168 valence electrons. The minimum atomic E-state index is -0.493. The van der Waals surface area contributed by atoms with Crippen molar-refractivity contribution in [2.45, 2.75) is 12.3 Å². The Morgan fingerprint density at radius 2 is 1.32 bits per heavy atom. The lowest BCUT2D eigenvalue weighted by Crippen LogP contribution is -2.31. The molecule has 2 heterocycles. The van der Waals surface area contributed by atoms with E-state index in [9.17, 15) is 14.4 Å². The van der Waals surface area contributed by atoms with Crippen molar-refractivity contribution in [1.82, 2.24) is 15.1 Å². The molecule has 0 saturated heterocycles. The monoisotopic (exact) mass is 468 g/mol. The predicted molar refractivity (Wildman–Crippen MR) is 129 cm³/mol. The number of carbonyl (C=O) groups is 3. The molecule has 3 amide bonds. The number of anilines is 1. The molecule has 1 aromatic heterocycles. The van der Waals surface area contributed by atoms with Crippen molar-refractivity contribution in [3.05, 3.63) is 112 Å². The first-order chi connectivity index (χ1) is 16.6. The van der Waals surface area contributed by atoms with E-state index < -0.39 is 5.92 Å². The van der Waals surface area contributed by atoms with Crippen LogP contribution in [0.25, 0.3) is 0 Å². The highest BCUT2D eigenvalue weighted by Crippen LogP contribution is 2.28. The van der Waals surface area contributed by atoms with Crippen LogP contribution in [0, 0.1) is 0 Å². The second-order valence-corrected chi connectivity index (χ2v) is 8.86. The Balaban J connectivity index is 1.27. The predicted octanol–water partition coefficient (Wildman–Crippen LogP) is 4.15. The molecule has 0 bridgehead atoms. The highest BCUT2D eigenvalue weighted by atomic mass is 32.1. The van der Waals surface area contributed by atoms with Crippen LogP contribution in [0.4, 0.5) is 5.13 Å². The first kappa shape index (κ1) is 21.7. The van der Waals surface area contributed by atoms with E-state index in [0.717, 1.165) is 11.1 Å². The number of hydrogen-bond acceptors (Lipinski definition) is 6. The van der Waals surface area contributed by atoms with E-state index in [2.05, 4.69) is 15.5 Å². The second-order valence-electron chi connectivity index (χ2n) is 7.80. The largest absolute Gasteiger partial charge is 0.300 e. The summed E-state index contributed by atoms with van der Waals surface area (Å²) in [6.45, 7) is 0.200. The van der Waals surface area contributed by atoms with E-state index in [1.54, 1.807) is 24.3 Å². The van der Waals surface area contributed by atoms with Crippen molar-refractivity contribution in [2.75, 3.05) is 11.9 Å². The summed E-state index contributed by atoms with van der Waals surface area (Å²) in [5.74, 6) is -1.30. The van der Waals surface area contributed by atoms with Gasteiger partial charge in [0.05, 0.1) is 17.0 Å². The number of carbonyl (C=O) groups excluding carboxylic acids is 3. The Hall–Kier alpha value is -4.17. The molecule has 7 nitrogen and oxygen atoms in total. The summed E-state index contributed by atoms with van der Waals surface area (Å²) in [6.07, 6.45) is 0.361. The van der Waals surface area contributed by atoms with Crippen LogP contribution in [0.3, 0.4) is 0 Å². The number of benzene rings is 3. The van der Waals surface area contributed by atoms with Crippen LogP contribution in [0.15, 0.2) is 84.9 Å². The minimum absolute atomic E-state index is 0.200. The fourth-order valence-electron chi connectivity index (χ4n) is 4.02. The Kier molecular flexibility index (Phi) is 5.97. The van der Waals surface area contributed by atoms with E-state index in [1.807, 2.05) is 60.7 Å². The third kappa shape index (κ3) is 4.23. The van der Waals surface area contributed by atoms with Crippen LogP contribution in [0.1, 0.15) is 42.8 Å². The molecule has 0 aliphatic carbocycles. The number of fused-ring (bicyclic) bond motifs is 1. The Morgan fingerprint density at radius 3 is 1.88 bits per heavy atom. The molecule has 4 aromatic rings. The normalized spacial score (nSPS) is 12.8. The summed E-state index contributed by atoms with van der Waals surface area (Å²) in [4.78, 5) is 39.5. The smallest absolute Gasteiger partial charge is 0.261 e. The molecule has 34 heavy (non-hydrogen) atoms. The Morgan fingerprint density at radius 1 is 0.794 bits per heavy atom. The summed E-state index contributed by atoms with van der Waals surface area (Å²) < 4.78 is 0. The molecule has 3 aromatic carbocycles. The minimum Gasteiger partial charge on any atom is -0.300 e. The van der Waals surface area contributed by atoms with Crippen LogP contribution in [0.2, 0.25) is 0 Å². The van der Waals surface area contributed by atoms with Crippen molar-refractivity contribution in [3.63, 3.8) is 0 Å². The van der Waals surface area contributed by atoms with Gasteiger partial charge < -0.3 is 0 Å². The van der Waals surface area contributed by atoms with Gasteiger partial charge in [0.25, 0.3) is 11.8 Å². The number of hydrogen-bond donors (Lipinski definition) is 1. The van der Waals surface area contributed by atoms with E-state index in [1.165, 1.54) is 16.2 Å². The molecule has 0 spiro atoms. The molecule has 0 unspecified atom stereocenters. The molecule has 1 aliphatic heterocycles. The molecular weight excluding hydrogens is 448 g/mol. The number of nitrogens with one attached hydrogen (secondary N) is 1. The number of rotatable bonds is 7. The lowest BCUT2D eigenvalue weighted by molar-refractivity contribution is -0.116. The van der Waals surface area contributed by atoms with Gasteiger partial charge in [-0.05, 0) is 23.3 Å². The van der Waals surface area contributed by atoms with Crippen LogP contribution in [-0.4, -0.2) is 39.4 Å². The SMILES string of the molecule is O=C(Nc1nnc(CCN2C(=O)c3ccccc3C2=O)s1)C(c1ccccc1)c1ccccc1. The number of aromatic nitrogens is 2. The third-order valence-electron chi connectivity index (χ3n) is 5.65. The topological polar surface area (TPSA) is 92.3 Å². The highest BCUT2D eigenvalue weighted by Gasteiger charge is 2.34. The van der Waals surface area contributed by atoms with Crippen molar-refractivity contribution in [2.24, 2.45) is 0 Å². The number of imide groups is 1. The zero-order valence-electron chi connectivity index (χ0n) is 18.0. The lowest BCUT2D eigenvalue weighted by Gasteiger charge is -2.16. The number of amides is 3. The summed E-state index contributed by atoms with van der Waals surface area (Å²) >= 11 is 1.24. The standard InChI is InChI=1S/C26H20N4O3S/c31-23(22(17-9-3-1-4-10-17)18-11-5-2-6-12-18)27-26-29-28-21(34-26)15-16-30-24(32)19-13-7-8-14-20(19)25(30)33/h1-14,22H,15-16H2,(H,27,29,31). The molecule has 0 radical (unpaired) electrons. The van der Waals surface area contributed by atoms with Crippen LogP contribution in [0.5, 0.6) is 0 Å². The molecule has 5 rings (SSSR count). The summed E-state index contributed by atoms with van der Waals surface area (Å²) in [5, 5.41) is 12.1. The molecule has 0 fully saturated rings. The maximum absolute atomic E-state index is 13.2. The summed E-state index contributed by atoms with van der Waals surface area (Å²) in [7, 11) is 0. The lowest BCUT2D eigenvalue weighted by atomic mass is 9.90. The van der Waals surface area contributed by atoms with Gasteiger partial charge in [0.15, 0.2) is 0 Å². The van der Waals surface area contributed by atoms with Gasteiger partial charge in [0, 0.05) is 13.0 Å². The van der Waals surface area contributed by atoms with Gasteiger partial charge in [-0.1, -0.05) is 84.1 Å². The third-order valence-corrected chi connectivity index (χ3v) is 6.55. The average Bonchev–Trinajstić information content (AvgIpc) is 3.41. The summed E-state index contributed by atoms with van der Waals surface area (Å²) in [5.41, 5.74) is 2.60. The van der Waals surface area contributed by atoms with Gasteiger partial charge in [0.1, 0.15) is 5.01 Å². The maximum atomic E-state index is 13.2. The van der Waals surface area contributed by atoms with Crippen molar-refractivity contribution in [1.29, 1.82) is 0 Å². The quantitative estimate of drug-likeness (QED) is 0.412.